The van der Waals surface area contributed by atoms with Crippen LogP contribution in [0.2, 0.25) is 0 Å². The molecule has 0 unspecified atom stereocenters. The van der Waals surface area contributed by atoms with E-state index in [9.17, 15) is 9.59 Å². The summed E-state index contributed by atoms with van der Waals surface area (Å²) < 4.78 is 4.57. The second kappa shape index (κ2) is 7.01. The van der Waals surface area contributed by atoms with Crippen molar-refractivity contribution < 1.29 is 14.3 Å². The number of aromatic nitrogens is 1. The Labute approximate surface area is 105 Å². The van der Waals surface area contributed by atoms with Crippen LogP contribution in [-0.2, 0) is 9.53 Å². The van der Waals surface area contributed by atoms with Crippen molar-refractivity contribution in [2.75, 3.05) is 7.11 Å². The first-order valence-corrected chi connectivity index (χ1v) is 5.34. The zero-order chi connectivity index (χ0) is 13.4. The van der Waals surface area contributed by atoms with Crippen LogP contribution in [-0.4, -0.2) is 30.0 Å². The van der Waals surface area contributed by atoms with Gasteiger partial charge in [-0.05, 0) is 18.6 Å². The maximum atomic E-state index is 11.8. The van der Waals surface area contributed by atoms with Crippen molar-refractivity contribution in [3.05, 3.63) is 30.1 Å². The number of hydrogen-bond donors (Lipinski definition) is 1. The molecule has 1 aromatic rings. The van der Waals surface area contributed by atoms with Crippen molar-refractivity contribution in [3.63, 3.8) is 0 Å². The number of methoxy groups -OCH3 is 1. The number of nitriles is 1. The molecule has 0 saturated carbocycles. The SMILES string of the molecule is COC(=O)[C@@H](CCC#N)NC(=O)c1cccnc1. The van der Waals surface area contributed by atoms with Crippen molar-refractivity contribution in [1.82, 2.24) is 10.3 Å². The van der Waals surface area contributed by atoms with Gasteiger partial charge in [-0.25, -0.2) is 4.79 Å². The number of ether oxygens (including phenoxy) is 1. The summed E-state index contributed by atoms with van der Waals surface area (Å²) in [6.45, 7) is 0. The quantitative estimate of drug-likeness (QED) is 0.771. The van der Waals surface area contributed by atoms with Crippen LogP contribution in [0.25, 0.3) is 0 Å². The van der Waals surface area contributed by atoms with Gasteiger partial charge in [-0.3, -0.25) is 9.78 Å². The molecule has 0 saturated heterocycles. The molecule has 0 bridgehead atoms. The standard InChI is InChI=1S/C12H13N3O3/c1-18-12(17)10(5-2-6-13)15-11(16)9-4-3-7-14-8-9/h3-4,7-8,10H,2,5H2,1H3,(H,15,16)/t10-/m1/s1. The molecule has 1 atom stereocenters. The molecule has 6 nitrogen and oxygen atoms in total. The van der Waals surface area contributed by atoms with Crippen LogP contribution < -0.4 is 5.32 Å². The molecule has 0 aliphatic carbocycles. The van der Waals surface area contributed by atoms with Gasteiger partial charge in [-0.2, -0.15) is 5.26 Å². The van der Waals surface area contributed by atoms with Crippen molar-refractivity contribution in [3.8, 4) is 6.07 Å². The Morgan fingerprint density at radius 1 is 1.61 bits per heavy atom. The Morgan fingerprint density at radius 2 is 2.39 bits per heavy atom. The van der Waals surface area contributed by atoms with E-state index in [0.29, 0.717) is 5.56 Å². The average molecular weight is 247 g/mol. The molecule has 1 amide bonds. The lowest BCUT2D eigenvalue weighted by Crippen LogP contribution is -2.41. The third kappa shape index (κ3) is 3.87. The summed E-state index contributed by atoms with van der Waals surface area (Å²) in [5.41, 5.74) is 0.350. The zero-order valence-electron chi connectivity index (χ0n) is 9.92. The summed E-state index contributed by atoms with van der Waals surface area (Å²) in [4.78, 5) is 27.0. The molecule has 0 aliphatic heterocycles. The van der Waals surface area contributed by atoms with E-state index in [1.165, 1.54) is 13.3 Å². The summed E-state index contributed by atoms with van der Waals surface area (Å²) in [5.74, 6) is -0.987. The Balaban J connectivity index is 2.69. The second-order valence-electron chi connectivity index (χ2n) is 3.49. The lowest BCUT2D eigenvalue weighted by Gasteiger charge is -2.14. The Bertz CT molecular complexity index is 453. The number of nitrogens with one attached hydrogen (secondary N) is 1. The highest BCUT2D eigenvalue weighted by Gasteiger charge is 2.21. The third-order valence-electron chi connectivity index (χ3n) is 2.26. The number of carbonyl (C=O) groups is 2. The van der Waals surface area contributed by atoms with Crippen molar-refractivity contribution in [2.45, 2.75) is 18.9 Å². The molecule has 1 aromatic heterocycles. The Morgan fingerprint density at radius 3 is 2.94 bits per heavy atom. The largest absolute Gasteiger partial charge is 0.467 e. The third-order valence-corrected chi connectivity index (χ3v) is 2.26. The highest BCUT2D eigenvalue weighted by molar-refractivity contribution is 5.96. The molecule has 0 aromatic carbocycles. The van der Waals surface area contributed by atoms with Crippen LogP contribution in [0.1, 0.15) is 23.2 Å². The molecule has 18 heavy (non-hydrogen) atoms. The maximum absolute atomic E-state index is 11.8. The van der Waals surface area contributed by atoms with Crippen molar-refractivity contribution in [1.29, 1.82) is 5.26 Å². The fourth-order valence-corrected chi connectivity index (χ4v) is 1.34. The molecule has 1 N–H and O–H groups in total. The molecular weight excluding hydrogens is 234 g/mol. The minimum Gasteiger partial charge on any atom is -0.467 e. The normalized spacial score (nSPS) is 11.1. The molecule has 1 heterocycles. The predicted octanol–water partition coefficient (Wildman–Crippen LogP) is 0.657. The molecule has 6 heteroatoms. The smallest absolute Gasteiger partial charge is 0.328 e. The number of amides is 1. The molecule has 0 fully saturated rings. The molecule has 1 rings (SSSR count). The number of rotatable bonds is 5. The molecule has 0 radical (unpaired) electrons. The fraction of sp³-hybridized carbons (Fsp3) is 0.333. The van der Waals surface area contributed by atoms with E-state index in [2.05, 4.69) is 15.0 Å². The van der Waals surface area contributed by atoms with E-state index in [-0.39, 0.29) is 12.8 Å². The van der Waals surface area contributed by atoms with Gasteiger partial charge in [-0.1, -0.05) is 0 Å². The van der Waals surface area contributed by atoms with Crippen LogP contribution in [0.4, 0.5) is 0 Å². The van der Waals surface area contributed by atoms with Crippen LogP contribution in [0.3, 0.4) is 0 Å². The van der Waals surface area contributed by atoms with Crippen LogP contribution in [0, 0.1) is 11.3 Å². The van der Waals surface area contributed by atoms with Gasteiger partial charge in [0.25, 0.3) is 5.91 Å². The Hall–Kier alpha value is -2.42. The van der Waals surface area contributed by atoms with Gasteiger partial charge in [0.2, 0.25) is 0 Å². The van der Waals surface area contributed by atoms with Gasteiger partial charge in [-0.15, -0.1) is 0 Å². The molecular formula is C12H13N3O3. The summed E-state index contributed by atoms with van der Waals surface area (Å²) in [6, 6.07) is 4.31. The predicted molar refractivity (Wildman–Crippen MR) is 62.4 cm³/mol. The first kappa shape index (κ1) is 13.6. The Kier molecular flexibility index (Phi) is 5.32. The van der Waals surface area contributed by atoms with Crippen LogP contribution in [0.15, 0.2) is 24.5 Å². The summed E-state index contributed by atoms with van der Waals surface area (Å²) in [6.07, 6.45) is 3.32. The summed E-state index contributed by atoms with van der Waals surface area (Å²) >= 11 is 0. The highest BCUT2D eigenvalue weighted by Crippen LogP contribution is 2.02. The van der Waals surface area contributed by atoms with E-state index in [1.54, 1.807) is 18.3 Å². The van der Waals surface area contributed by atoms with Gasteiger partial charge in [0.15, 0.2) is 0 Å². The van der Waals surface area contributed by atoms with E-state index < -0.39 is 17.9 Å². The van der Waals surface area contributed by atoms with Crippen LogP contribution in [0.5, 0.6) is 0 Å². The number of esters is 1. The minimum absolute atomic E-state index is 0.160. The first-order valence-electron chi connectivity index (χ1n) is 5.34. The van der Waals surface area contributed by atoms with E-state index >= 15 is 0 Å². The van der Waals surface area contributed by atoms with Gasteiger partial charge >= 0.3 is 5.97 Å². The lowest BCUT2D eigenvalue weighted by molar-refractivity contribution is -0.143. The first-order chi connectivity index (χ1) is 8.69. The number of pyridine rings is 1. The average Bonchev–Trinajstić information content (AvgIpc) is 2.43. The van der Waals surface area contributed by atoms with Gasteiger partial charge < -0.3 is 10.1 Å². The second-order valence-corrected chi connectivity index (χ2v) is 3.49. The van der Waals surface area contributed by atoms with Gasteiger partial charge in [0.1, 0.15) is 6.04 Å². The number of nitrogens with zero attached hydrogens (tertiary/aromatic N) is 2. The highest BCUT2D eigenvalue weighted by atomic mass is 16.5. The fourth-order valence-electron chi connectivity index (χ4n) is 1.34. The van der Waals surface area contributed by atoms with E-state index in [1.807, 2.05) is 6.07 Å². The number of carbonyl (C=O) groups excluding carboxylic acids is 2. The van der Waals surface area contributed by atoms with Crippen molar-refractivity contribution in [2.24, 2.45) is 0 Å². The minimum atomic E-state index is -0.817. The van der Waals surface area contributed by atoms with Gasteiger partial charge in [0, 0.05) is 18.8 Å². The van der Waals surface area contributed by atoms with E-state index in [0.717, 1.165) is 0 Å². The van der Waals surface area contributed by atoms with Crippen LogP contribution >= 0.6 is 0 Å². The molecule has 0 aliphatic rings. The topological polar surface area (TPSA) is 92.1 Å². The van der Waals surface area contributed by atoms with Crippen molar-refractivity contribution >= 4 is 11.9 Å². The summed E-state index contributed by atoms with van der Waals surface area (Å²) in [7, 11) is 1.23. The maximum Gasteiger partial charge on any atom is 0.328 e. The molecule has 0 spiro atoms. The van der Waals surface area contributed by atoms with E-state index in [4.69, 9.17) is 5.26 Å². The lowest BCUT2D eigenvalue weighted by atomic mass is 10.1. The van der Waals surface area contributed by atoms with Gasteiger partial charge in [0.05, 0.1) is 18.7 Å². The summed E-state index contributed by atoms with van der Waals surface area (Å²) in [5, 5.41) is 11.0. The monoisotopic (exact) mass is 247 g/mol. The number of hydrogen-bond acceptors (Lipinski definition) is 5. The molecule has 94 valence electrons. The zero-order valence-corrected chi connectivity index (χ0v) is 9.92.